The monoisotopic (exact) mass is 960 g/mol. The fourth-order valence-corrected chi connectivity index (χ4v) is 10.7. The number of phenols is 8. The van der Waals surface area contributed by atoms with E-state index in [1.54, 1.807) is 24.3 Å². The first-order chi connectivity index (χ1) is 34.3. The van der Waals surface area contributed by atoms with Crippen LogP contribution in [0, 0.1) is 0 Å². The molecule has 8 N–H and O–H groups in total. The van der Waals surface area contributed by atoms with Crippen molar-refractivity contribution >= 4 is 0 Å². The van der Waals surface area contributed by atoms with Gasteiger partial charge in [-0.25, -0.2) is 0 Å². The molecule has 8 nitrogen and oxygen atoms in total. The largest absolute Gasteiger partial charge is 0.507 e. The Morgan fingerprint density at radius 3 is 0.486 bits per heavy atom. The van der Waals surface area contributed by atoms with Crippen LogP contribution in [0.5, 0.6) is 46.0 Å². The van der Waals surface area contributed by atoms with Gasteiger partial charge in [0, 0.05) is 92.4 Å². The van der Waals surface area contributed by atoms with Crippen LogP contribution >= 0.6 is 0 Å². The molecule has 0 heterocycles. The van der Waals surface area contributed by atoms with E-state index in [2.05, 4.69) is 55.4 Å². The van der Waals surface area contributed by atoms with Gasteiger partial charge in [-0.3, -0.25) is 0 Å². The number of rotatable bonds is 8. The van der Waals surface area contributed by atoms with Crippen molar-refractivity contribution in [1.29, 1.82) is 0 Å². The third-order valence-electron chi connectivity index (χ3n) is 14.9. The minimum atomic E-state index is -0.920. The first-order valence-corrected chi connectivity index (χ1v) is 24.9. The van der Waals surface area contributed by atoms with Crippen LogP contribution in [0.2, 0.25) is 0 Å². The van der Waals surface area contributed by atoms with E-state index in [-0.39, 0.29) is 69.7 Å². The molecule has 8 aromatic rings. The highest BCUT2D eigenvalue weighted by Crippen LogP contribution is 2.54. The van der Waals surface area contributed by atoms with E-state index < -0.39 is 23.7 Å². The Bertz CT molecular complexity index is 2730. The molecule has 0 saturated carbocycles. The molecule has 9 rings (SSSR count). The Hall–Kier alpha value is -7.84. The predicted octanol–water partition coefficient (Wildman–Crippen LogP) is 14.9. The van der Waals surface area contributed by atoms with Crippen molar-refractivity contribution in [3.63, 3.8) is 0 Å². The predicted molar refractivity (Wildman–Crippen MR) is 285 cm³/mol. The molecular formula is C64H64O8. The van der Waals surface area contributed by atoms with Crippen molar-refractivity contribution in [2.45, 2.75) is 103 Å². The van der Waals surface area contributed by atoms with E-state index in [1.807, 2.05) is 97.1 Å². The SMILES string of the molecule is CC(C)c1ccc(C2c3cc(c(O)cc3O)C(c3ccc(C(C)C)cc3)c3cc(c(O)cc3O)C(c3ccc(C(C)C)cc3)c3cc(c(O)cc3O)C(c3ccc(C(C)C)cc3)c3cc2c(O)cc3O)cc1. The van der Waals surface area contributed by atoms with Crippen LogP contribution in [0.3, 0.4) is 0 Å². The second kappa shape index (κ2) is 19.4. The smallest absolute Gasteiger partial charge is 0.123 e. The van der Waals surface area contributed by atoms with Gasteiger partial charge in [0.25, 0.3) is 0 Å². The zero-order valence-electron chi connectivity index (χ0n) is 42.1. The van der Waals surface area contributed by atoms with Gasteiger partial charge in [-0.2, -0.15) is 0 Å². The van der Waals surface area contributed by atoms with Crippen LogP contribution in [-0.4, -0.2) is 40.9 Å². The number of fused-ring (bicyclic) bond motifs is 8. The number of aromatic hydroxyl groups is 8. The van der Waals surface area contributed by atoms with E-state index in [0.717, 1.165) is 22.3 Å². The molecule has 0 aromatic heterocycles. The van der Waals surface area contributed by atoms with E-state index in [9.17, 15) is 40.9 Å². The second-order valence-corrected chi connectivity index (χ2v) is 20.9. The summed E-state index contributed by atoms with van der Waals surface area (Å²) in [5.74, 6) is -4.98. The molecule has 0 amide bonds. The lowest BCUT2D eigenvalue weighted by Gasteiger charge is -2.30. The third-order valence-corrected chi connectivity index (χ3v) is 14.9. The van der Waals surface area contributed by atoms with Crippen molar-refractivity contribution in [3.05, 3.63) is 235 Å². The van der Waals surface area contributed by atoms with Gasteiger partial charge in [0.15, 0.2) is 0 Å². The highest BCUT2D eigenvalue weighted by Gasteiger charge is 2.35. The lowest BCUT2D eigenvalue weighted by molar-refractivity contribution is 0.431. The Kier molecular flexibility index (Phi) is 13.2. The van der Waals surface area contributed by atoms with Crippen molar-refractivity contribution in [3.8, 4) is 46.0 Å². The third kappa shape index (κ3) is 9.06. The van der Waals surface area contributed by atoms with Gasteiger partial charge in [0.05, 0.1) is 0 Å². The molecule has 8 bridgehead atoms. The summed E-state index contributed by atoms with van der Waals surface area (Å²) in [5, 5.41) is 97.7. The molecule has 0 atom stereocenters. The molecule has 8 aromatic carbocycles. The van der Waals surface area contributed by atoms with E-state index in [4.69, 9.17) is 0 Å². The Morgan fingerprint density at radius 2 is 0.361 bits per heavy atom. The molecule has 0 spiro atoms. The zero-order chi connectivity index (χ0) is 51.4. The molecular weight excluding hydrogens is 897 g/mol. The Labute approximate surface area is 422 Å². The van der Waals surface area contributed by atoms with Gasteiger partial charge >= 0.3 is 0 Å². The average Bonchev–Trinajstić information content (AvgIpc) is 3.34. The molecule has 368 valence electrons. The maximum Gasteiger partial charge on any atom is 0.123 e. The van der Waals surface area contributed by atoms with Crippen LogP contribution in [0.15, 0.2) is 146 Å². The van der Waals surface area contributed by atoms with Crippen molar-refractivity contribution < 1.29 is 40.9 Å². The normalized spacial score (nSPS) is 16.7. The fraction of sp³-hybridized carbons (Fsp3) is 0.250. The average molecular weight is 961 g/mol. The summed E-state index contributed by atoms with van der Waals surface area (Å²) in [6, 6.07) is 43.6. The molecule has 0 fully saturated rings. The van der Waals surface area contributed by atoms with E-state index >= 15 is 0 Å². The summed E-state index contributed by atoms with van der Waals surface area (Å²) >= 11 is 0. The van der Waals surface area contributed by atoms with Gasteiger partial charge in [-0.1, -0.05) is 152 Å². The summed E-state index contributed by atoms with van der Waals surface area (Å²) < 4.78 is 0. The fourth-order valence-electron chi connectivity index (χ4n) is 10.7. The highest BCUT2D eigenvalue weighted by molar-refractivity contribution is 5.67. The minimum absolute atomic E-state index is 0.203. The lowest BCUT2D eigenvalue weighted by atomic mass is 9.74. The Balaban J connectivity index is 1.46. The van der Waals surface area contributed by atoms with Crippen LogP contribution in [0.25, 0.3) is 0 Å². The molecule has 0 saturated heterocycles. The van der Waals surface area contributed by atoms with E-state index in [1.165, 1.54) is 24.3 Å². The molecule has 1 aliphatic carbocycles. The van der Waals surface area contributed by atoms with Gasteiger partial charge < -0.3 is 40.9 Å². The number of hydrogen-bond acceptors (Lipinski definition) is 8. The van der Waals surface area contributed by atoms with E-state index in [0.29, 0.717) is 66.8 Å². The van der Waals surface area contributed by atoms with Crippen LogP contribution in [0.1, 0.15) is 192 Å². The van der Waals surface area contributed by atoms with Crippen molar-refractivity contribution in [1.82, 2.24) is 0 Å². The summed E-state index contributed by atoms with van der Waals surface area (Å²) in [4.78, 5) is 0. The van der Waals surface area contributed by atoms with Crippen LogP contribution in [-0.2, 0) is 0 Å². The molecule has 0 unspecified atom stereocenters. The molecule has 0 aliphatic heterocycles. The summed E-state index contributed by atoms with van der Waals surface area (Å²) in [6.45, 7) is 16.8. The second-order valence-electron chi connectivity index (χ2n) is 20.9. The first kappa shape index (κ1) is 49.2. The lowest BCUT2D eigenvalue weighted by Crippen LogP contribution is -2.13. The van der Waals surface area contributed by atoms with Gasteiger partial charge in [0.2, 0.25) is 0 Å². The maximum atomic E-state index is 12.2. The van der Waals surface area contributed by atoms with Crippen LogP contribution in [0.4, 0.5) is 0 Å². The Morgan fingerprint density at radius 1 is 0.222 bits per heavy atom. The molecule has 0 radical (unpaired) electrons. The zero-order valence-corrected chi connectivity index (χ0v) is 42.1. The van der Waals surface area contributed by atoms with Gasteiger partial charge in [-0.15, -0.1) is 0 Å². The van der Waals surface area contributed by atoms with Gasteiger partial charge in [0.1, 0.15) is 46.0 Å². The number of phenolic OH excluding ortho intramolecular Hbond substituents is 8. The summed E-state index contributed by atoms with van der Waals surface area (Å²) in [5.41, 5.74) is 9.55. The first-order valence-electron chi connectivity index (χ1n) is 24.9. The van der Waals surface area contributed by atoms with Crippen molar-refractivity contribution in [2.24, 2.45) is 0 Å². The highest BCUT2D eigenvalue weighted by atomic mass is 16.3. The van der Waals surface area contributed by atoms with Crippen LogP contribution < -0.4 is 0 Å². The maximum absolute atomic E-state index is 12.2. The molecule has 8 heteroatoms. The molecule has 72 heavy (non-hydrogen) atoms. The summed E-state index contributed by atoms with van der Waals surface area (Å²) in [6.07, 6.45) is 0. The number of hydrogen-bond donors (Lipinski definition) is 8. The quantitative estimate of drug-likeness (QED) is 0.0747. The topological polar surface area (TPSA) is 162 Å². The summed E-state index contributed by atoms with van der Waals surface area (Å²) in [7, 11) is 0. The molecule has 1 aliphatic rings. The van der Waals surface area contributed by atoms with Crippen molar-refractivity contribution in [2.75, 3.05) is 0 Å². The standard InChI is InChI=1S/C64H64O8/c1-33(2)37-9-17-41(18-10-37)61-45-25-47(55(67)29-53(45)65)62(42-19-11-38(12-20-42)34(3)4)49-27-51(59(71)31-57(49)69)64(44-23-15-40(16-24-44)36(7)8)52-28-50(58(70)32-60(52)72)63(43-21-13-39(14-22-43)35(5)6)48-26-46(61)54(66)30-56(48)68/h9-36,61-72H,1-8H3. The minimum Gasteiger partial charge on any atom is -0.507 e. The van der Waals surface area contributed by atoms with Gasteiger partial charge in [-0.05, 0) is 92.4 Å². The number of benzene rings is 8.